The number of hydrogen-bond donors (Lipinski definition) is 2. The highest BCUT2D eigenvalue weighted by Crippen LogP contribution is 2.20. The summed E-state index contributed by atoms with van der Waals surface area (Å²) in [5, 5.41) is 5.14. The fourth-order valence-corrected chi connectivity index (χ4v) is 2.18. The molecule has 0 fully saturated rings. The van der Waals surface area contributed by atoms with Crippen molar-refractivity contribution in [3.8, 4) is 0 Å². The SMILES string of the molecule is O=C(Nc1ccc(F)c(Cl)c1)c1ccnc(Nc2ccccc2F)n1. The van der Waals surface area contributed by atoms with Crippen LogP contribution in [0.3, 0.4) is 0 Å². The Hall–Kier alpha value is -3.06. The van der Waals surface area contributed by atoms with Gasteiger partial charge in [0.2, 0.25) is 5.95 Å². The number of anilines is 3. The molecular weight excluding hydrogens is 350 g/mol. The Morgan fingerprint density at radius 2 is 1.84 bits per heavy atom. The molecule has 0 unspecified atom stereocenters. The van der Waals surface area contributed by atoms with E-state index in [9.17, 15) is 13.6 Å². The molecular formula is C17H11ClF2N4O. The van der Waals surface area contributed by atoms with Crippen LogP contribution in [0.1, 0.15) is 10.5 Å². The molecule has 0 saturated heterocycles. The van der Waals surface area contributed by atoms with Gasteiger partial charge in [-0.2, -0.15) is 0 Å². The van der Waals surface area contributed by atoms with Crippen LogP contribution in [0.15, 0.2) is 54.7 Å². The molecule has 0 saturated carbocycles. The topological polar surface area (TPSA) is 66.9 Å². The average Bonchev–Trinajstić information content (AvgIpc) is 2.60. The maximum absolute atomic E-state index is 13.7. The van der Waals surface area contributed by atoms with Crippen molar-refractivity contribution in [2.45, 2.75) is 0 Å². The standard InChI is InChI=1S/C17H11ClF2N4O/c18-11-9-10(5-6-12(11)19)22-16(25)15-7-8-21-17(24-15)23-14-4-2-1-3-13(14)20/h1-9H,(H,22,25)(H,21,23,24). The zero-order valence-corrected chi connectivity index (χ0v) is 13.4. The number of nitrogens with one attached hydrogen (secondary N) is 2. The summed E-state index contributed by atoms with van der Waals surface area (Å²) < 4.78 is 26.8. The molecule has 8 heteroatoms. The first-order chi connectivity index (χ1) is 12.0. The number of rotatable bonds is 4. The molecule has 0 aliphatic carbocycles. The zero-order chi connectivity index (χ0) is 17.8. The summed E-state index contributed by atoms with van der Waals surface area (Å²) in [5.74, 6) is -1.53. The van der Waals surface area contributed by atoms with Crippen LogP contribution in [0.2, 0.25) is 5.02 Å². The number of carbonyl (C=O) groups is 1. The lowest BCUT2D eigenvalue weighted by atomic mass is 10.3. The largest absolute Gasteiger partial charge is 0.322 e. The normalized spacial score (nSPS) is 10.4. The fraction of sp³-hybridized carbons (Fsp3) is 0. The van der Waals surface area contributed by atoms with Crippen LogP contribution in [0.25, 0.3) is 0 Å². The minimum Gasteiger partial charge on any atom is -0.322 e. The zero-order valence-electron chi connectivity index (χ0n) is 12.6. The van der Waals surface area contributed by atoms with Gasteiger partial charge in [-0.05, 0) is 36.4 Å². The van der Waals surface area contributed by atoms with Gasteiger partial charge in [-0.25, -0.2) is 18.7 Å². The molecule has 0 radical (unpaired) electrons. The van der Waals surface area contributed by atoms with Gasteiger partial charge in [0.1, 0.15) is 17.3 Å². The Morgan fingerprint density at radius 3 is 2.60 bits per heavy atom. The molecule has 0 aliphatic heterocycles. The van der Waals surface area contributed by atoms with E-state index >= 15 is 0 Å². The fourth-order valence-electron chi connectivity index (χ4n) is 2.00. The summed E-state index contributed by atoms with van der Waals surface area (Å²) in [5.41, 5.74) is 0.554. The van der Waals surface area contributed by atoms with Crippen LogP contribution in [0.4, 0.5) is 26.1 Å². The third-order valence-corrected chi connectivity index (χ3v) is 3.48. The molecule has 0 spiro atoms. The summed E-state index contributed by atoms with van der Waals surface area (Å²) in [6.07, 6.45) is 1.36. The second-order valence-corrected chi connectivity index (χ2v) is 5.36. The number of carbonyl (C=O) groups excluding carboxylic acids is 1. The van der Waals surface area contributed by atoms with Crippen LogP contribution in [0, 0.1) is 11.6 Å². The van der Waals surface area contributed by atoms with Crippen LogP contribution >= 0.6 is 11.6 Å². The molecule has 0 aliphatic rings. The minimum absolute atomic E-state index is 0.0503. The van der Waals surface area contributed by atoms with Crippen molar-refractivity contribution in [3.05, 3.63) is 77.1 Å². The highest BCUT2D eigenvalue weighted by Gasteiger charge is 2.11. The van der Waals surface area contributed by atoms with E-state index in [2.05, 4.69) is 20.6 Å². The summed E-state index contributed by atoms with van der Waals surface area (Å²) in [6, 6.07) is 11.2. The van der Waals surface area contributed by atoms with E-state index in [-0.39, 0.29) is 22.4 Å². The first-order valence-electron chi connectivity index (χ1n) is 7.14. The van der Waals surface area contributed by atoms with Crippen molar-refractivity contribution < 1.29 is 13.6 Å². The van der Waals surface area contributed by atoms with Gasteiger partial charge in [0, 0.05) is 11.9 Å². The second kappa shape index (κ2) is 7.23. The number of aromatic nitrogens is 2. The first-order valence-corrected chi connectivity index (χ1v) is 7.52. The van der Waals surface area contributed by atoms with Gasteiger partial charge in [0.05, 0.1) is 10.7 Å². The highest BCUT2D eigenvalue weighted by molar-refractivity contribution is 6.31. The second-order valence-electron chi connectivity index (χ2n) is 4.95. The van der Waals surface area contributed by atoms with Crippen LogP contribution in [-0.4, -0.2) is 15.9 Å². The molecule has 3 rings (SSSR count). The van der Waals surface area contributed by atoms with Crippen molar-refractivity contribution >= 4 is 34.8 Å². The van der Waals surface area contributed by atoms with Crippen molar-refractivity contribution in [2.24, 2.45) is 0 Å². The van der Waals surface area contributed by atoms with E-state index in [0.717, 1.165) is 6.07 Å². The minimum atomic E-state index is -0.585. The smallest absolute Gasteiger partial charge is 0.274 e. The predicted molar refractivity (Wildman–Crippen MR) is 91.1 cm³/mol. The lowest BCUT2D eigenvalue weighted by Gasteiger charge is -2.08. The number of hydrogen-bond acceptors (Lipinski definition) is 4. The molecule has 1 aromatic heterocycles. The summed E-state index contributed by atoms with van der Waals surface area (Å²) >= 11 is 5.68. The summed E-state index contributed by atoms with van der Waals surface area (Å²) in [4.78, 5) is 20.2. The van der Waals surface area contributed by atoms with Crippen LogP contribution in [-0.2, 0) is 0 Å². The third-order valence-electron chi connectivity index (χ3n) is 3.19. The number of benzene rings is 2. The number of para-hydroxylation sites is 1. The van der Waals surface area contributed by atoms with Crippen molar-refractivity contribution in [1.29, 1.82) is 0 Å². The Morgan fingerprint density at radius 1 is 1.04 bits per heavy atom. The Bertz CT molecular complexity index is 936. The van der Waals surface area contributed by atoms with Crippen LogP contribution < -0.4 is 10.6 Å². The van der Waals surface area contributed by atoms with Gasteiger partial charge >= 0.3 is 0 Å². The van der Waals surface area contributed by atoms with Crippen molar-refractivity contribution in [1.82, 2.24) is 9.97 Å². The average molecular weight is 361 g/mol. The molecule has 25 heavy (non-hydrogen) atoms. The number of amides is 1. The molecule has 5 nitrogen and oxygen atoms in total. The summed E-state index contributed by atoms with van der Waals surface area (Å²) in [7, 11) is 0. The molecule has 2 N–H and O–H groups in total. The summed E-state index contributed by atoms with van der Waals surface area (Å²) in [6.45, 7) is 0. The molecule has 0 atom stereocenters. The predicted octanol–water partition coefficient (Wildman–Crippen LogP) is 4.40. The van der Waals surface area contributed by atoms with E-state index in [0.29, 0.717) is 5.69 Å². The maximum Gasteiger partial charge on any atom is 0.274 e. The first kappa shape index (κ1) is 16.8. The monoisotopic (exact) mass is 360 g/mol. The molecule has 1 amide bonds. The van der Waals surface area contributed by atoms with E-state index in [1.807, 2.05) is 0 Å². The van der Waals surface area contributed by atoms with Gasteiger partial charge in [-0.1, -0.05) is 23.7 Å². The van der Waals surface area contributed by atoms with Gasteiger partial charge in [0.25, 0.3) is 5.91 Å². The van der Waals surface area contributed by atoms with Gasteiger partial charge in [0.15, 0.2) is 0 Å². The Balaban J connectivity index is 1.77. The van der Waals surface area contributed by atoms with E-state index in [1.54, 1.807) is 12.1 Å². The lowest BCUT2D eigenvalue weighted by molar-refractivity contribution is 0.102. The molecule has 2 aromatic carbocycles. The Labute approximate surface area is 146 Å². The molecule has 3 aromatic rings. The lowest BCUT2D eigenvalue weighted by Crippen LogP contribution is -2.15. The van der Waals surface area contributed by atoms with Crippen molar-refractivity contribution in [2.75, 3.05) is 10.6 Å². The van der Waals surface area contributed by atoms with Crippen LogP contribution in [0.5, 0.6) is 0 Å². The molecule has 0 bridgehead atoms. The van der Waals surface area contributed by atoms with E-state index in [1.165, 1.54) is 36.5 Å². The van der Waals surface area contributed by atoms with E-state index in [4.69, 9.17) is 11.6 Å². The quantitative estimate of drug-likeness (QED) is 0.723. The maximum atomic E-state index is 13.7. The van der Waals surface area contributed by atoms with Gasteiger partial charge in [-0.3, -0.25) is 4.79 Å². The van der Waals surface area contributed by atoms with E-state index < -0.39 is 17.5 Å². The van der Waals surface area contributed by atoms with Gasteiger partial charge < -0.3 is 10.6 Å². The van der Waals surface area contributed by atoms with Gasteiger partial charge in [-0.15, -0.1) is 0 Å². The highest BCUT2D eigenvalue weighted by atomic mass is 35.5. The Kier molecular flexibility index (Phi) is 4.85. The number of halogens is 3. The molecule has 126 valence electrons. The third kappa shape index (κ3) is 4.07. The molecule has 1 heterocycles. The number of nitrogens with zero attached hydrogens (tertiary/aromatic N) is 2. The van der Waals surface area contributed by atoms with Crippen molar-refractivity contribution in [3.63, 3.8) is 0 Å².